The average Bonchev–Trinajstić information content (AvgIpc) is 3.78. The van der Waals surface area contributed by atoms with E-state index in [0.29, 0.717) is 34.4 Å². The number of rotatable bonds is 10. The Morgan fingerprint density at radius 2 is 1.62 bits per heavy atom. The van der Waals surface area contributed by atoms with E-state index in [0.717, 1.165) is 56.2 Å². The summed E-state index contributed by atoms with van der Waals surface area (Å²) >= 11 is 0. The standard InChI is InChI=1S/C31H32F3NO5/c1-38-25-12-13-26(19-4-6-22(7-5-19)31(32,33)34)28(17-25)39-23-8-10-24(11-9-23)40-29-16-21(14-15-35-29)27(18-30(36)37)20-2-3-20/h4-7,12-17,20,23-24,27H,2-3,8-11,18H2,1H3,(H,36,37)/t23-,24+,27?. The fourth-order valence-electron chi connectivity index (χ4n) is 5.39. The Bertz CT molecular complexity index is 1320. The summed E-state index contributed by atoms with van der Waals surface area (Å²) < 4.78 is 57.0. The second-order valence-electron chi connectivity index (χ2n) is 10.5. The molecule has 1 N–H and O–H groups in total. The van der Waals surface area contributed by atoms with E-state index >= 15 is 0 Å². The fourth-order valence-corrected chi connectivity index (χ4v) is 5.39. The Labute approximate surface area is 231 Å². The summed E-state index contributed by atoms with van der Waals surface area (Å²) in [6.45, 7) is 0. The largest absolute Gasteiger partial charge is 0.497 e. The maximum absolute atomic E-state index is 13.0. The van der Waals surface area contributed by atoms with E-state index in [1.165, 1.54) is 12.1 Å². The topological polar surface area (TPSA) is 77.9 Å². The normalized spacial score (nSPS) is 20.0. The highest BCUT2D eigenvalue weighted by Gasteiger charge is 2.34. The molecule has 3 aromatic rings. The molecule has 1 atom stereocenters. The van der Waals surface area contributed by atoms with E-state index in [1.54, 1.807) is 31.5 Å². The number of halogens is 3. The van der Waals surface area contributed by atoms with Gasteiger partial charge >= 0.3 is 12.1 Å². The van der Waals surface area contributed by atoms with Crippen molar-refractivity contribution in [3.63, 3.8) is 0 Å². The molecule has 2 fully saturated rings. The lowest BCUT2D eigenvalue weighted by atomic mass is 9.91. The molecule has 212 valence electrons. The molecule has 0 bridgehead atoms. The van der Waals surface area contributed by atoms with Crippen LogP contribution in [0.3, 0.4) is 0 Å². The van der Waals surface area contributed by atoms with Gasteiger partial charge in [-0.3, -0.25) is 4.79 Å². The van der Waals surface area contributed by atoms with Gasteiger partial charge in [-0.25, -0.2) is 4.98 Å². The van der Waals surface area contributed by atoms with Gasteiger partial charge in [-0.2, -0.15) is 13.2 Å². The van der Waals surface area contributed by atoms with E-state index in [4.69, 9.17) is 14.2 Å². The number of hydrogen-bond donors (Lipinski definition) is 1. The molecular formula is C31H32F3NO5. The SMILES string of the molecule is COc1ccc(-c2ccc(C(F)(F)F)cc2)c(O[C@H]2CC[C@@H](Oc3cc(C(CC(=O)O)C4CC4)ccn3)CC2)c1. The lowest BCUT2D eigenvalue weighted by molar-refractivity contribution is -0.138. The summed E-state index contributed by atoms with van der Waals surface area (Å²) in [5.41, 5.74) is 1.58. The number of ether oxygens (including phenoxy) is 3. The van der Waals surface area contributed by atoms with E-state index in [9.17, 15) is 23.1 Å². The molecule has 1 unspecified atom stereocenters. The minimum absolute atomic E-state index is 0.0197. The summed E-state index contributed by atoms with van der Waals surface area (Å²) in [7, 11) is 1.55. The lowest BCUT2D eigenvalue weighted by Crippen LogP contribution is -2.30. The van der Waals surface area contributed by atoms with Gasteiger partial charge in [-0.15, -0.1) is 0 Å². The molecule has 0 amide bonds. The van der Waals surface area contributed by atoms with Gasteiger partial charge in [-0.1, -0.05) is 12.1 Å². The van der Waals surface area contributed by atoms with Crippen LogP contribution in [0.25, 0.3) is 11.1 Å². The number of benzene rings is 2. The average molecular weight is 556 g/mol. The van der Waals surface area contributed by atoms with Gasteiger partial charge in [0.2, 0.25) is 5.88 Å². The highest BCUT2D eigenvalue weighted by atomic mass is 19.4. The van der Waals surface area contributed by atoms with Gasteiger partial charge in [0.1, 0.15) is 17.6 Å². The monoisotopic (exact) mass is 555 g/mol. The van der Waals surface area contributed by atoms with E-state index in [2.05, 4.69) is 4.98 Å². The summed E-state index contributed by atoms with van der Waals surface area (Å²) in [4.78, 5) is 15.7. The Balaban J connectivity index is 1.23. The zero-order valence-corrected chi connectivity index (χ0v) is 22.2. The van der Waals surface area contributed by atoms with Crippen LogP contribution >= 0.6 is 0 Å². The predicted octanol–water partition coefficient (Wildman–Crippen LogP) is 7.51. The van der Waals surface area contributed by atoms with Crippen LogP contribution in [0, 0.1) is 5.92 Å². The third-order valence-electron chi connectivity index (χ3n) is 7.69. The van der Waals surface area contributed by atoms with Crippen LogP contribution in [0.2, 0.25) is 0 Å². The second kappa shape index (κ2) is 11.8. The molecule has 0 spiro atoms. The Morgan fingerprint density at radius 3 is 2.23 bits per heavy atom. The molecule has 6 nitrogen and oxygen atoms in total. The van der Waals surface area contributed by atoms with Crippen molar-refractivity contribution in [3.05, 3.63) is 71.9 Å². The van der Waals surface area contributed by atoms with Crippen molar-refractivity contribution in [2.75, 3.05) is 7.11 Å². The first-order chi connectivity index (χ1) is 19.2. The number of hydrogen-bond acceptors (Lipinski definition) is 5. The molecule has 0 saturated heterocycles. The van der Waals surface area contributed by atoms with Crippen molar-refractivity contribution in [2.24, 2.45) is 5.92 Å². The number of aliphatic carboxylic acids is 1. The lowest BCUT2D eigenvalue weighted by Gasteiger charge is -2.30. The zero-order valence-electron chi connectivity index (χ0n) is 22.2. The summed E-state index contributed by atoms with van der Waals surface area (Å²) in [5, 5.41) is 9.33. The number of methoxy groups -OCH3 is 1. The minimum Gasteiger partial charge on any atom is -0.497 e. The van der Waals surface area contributed by atoms with Crippen molar-refractivity contribution in [3.8, 4) is 28.5 Å². The van der Waals surface area contributed by atoms with Gasteiger partial charge < -0.3 is 19.3 Å². The smallest absolute Gasteiger partial charge is 0.416 e. The molecular weight excluding hydrogens is 523 g/mol. The Kier molecular flexibility index (Phi) is 8.19. The van der Waals surface area contributed by atoms with Crippen LogP contribution in [0.1, 0.15) is 62.0 Å². The molecule has 0 radical (unpaired) electrons. The highest BCUT2D eigenvalue weighted by molar-refractivity contribution is 5.72. The molecule has 2 saturated carbocycles. The van der Waals surface area contributed by atoms with E-state index < -0.39 is 17.7 Å². The molecule has 1 heterocycles. The van der Waals surface area contributed by atoms with Crippen molar-refractivity contribution >= 4 is 5.97 Å². The maximum Gasteiger partial charge on any atom is 0.416 e. The van der Waals surface area contributed by atoms with Gasteiger partial charge in [-0.05, 0) is 91.8 Å². The zero-order chi connectivity index (χ0) is 28.3. The van der Waals surface area contributed by atoms with Crippen molar-refractivity contribution < 1.29 is 37.3 Å². The maximum atomic E-state index is 13.0. The first-order valence-corrected chi connectivity index (χ1v) is 13.6. The molecule has 2 aliphatic rings. The molecule has 2 aromatic carbocycles. The number of carboxylic acid groups (broad SMARTS) is 1. The Morgan fingerprint density at radius 1 is 0.950 bits per heavy atom. The van der Waals surface area contributed by atoms with Crippen molar-refractivity contribution in [2.45, 2.75) is 69.2 Å². The van der Waals surface area contributed by atoms with Crippen LogP contribution in [0.5, 0.6) is 17.4 Å². The number of aromatic nitrogens is 1. The molecule has 1 aromatic heterocycles. The van der Waals surface area contributed by atoms with Crippen LogP contribution in [-0.4, -0.2) is 35.4 Å². The van der Waals surface area contributed by atoms with Gasteiger partial charge in [0, 0.05) is 23.9 Å². The number of alkyl halides is 3. The quantitative estimate of drug-likeness (QED) is 0.279. The third kappa shape index (κ3) is 6.87. The van der Waals surface area contributed by atoms with Crippen LogP contribution in [0.15, 0.2) is 60.8 Å². The molecule has 9 heteroatoms. The van der Waals surface area contributed by atoms with Gasteiger partial charge in [0.05, 0.1) is 25.2 Å². The second-order valence-corrected chi connectivity index (χ2v) is 10.5. The number of nitrogens with zero attached hydrogens (tertiary/aromatic N) is 1. The highest BCUT2D eigenvalue weighted by Crippen LogP contribution is 2.45. The summed E-state index contributed by atoms with van der Waals surface area (Å²) in [6.07, 6.45) is 2.33. The summed E-state index contributed by atoms with van der Waals surface area (Å²) in [5.74, 6) is 1.25. The van der Waals surface area contributed by atoms with E-state index in [1.807, 2.05) is 12.1 Å². The van der Waals surface area contributed by atoms with Crippen molar-refractivity contribution in [1.82, 2.24) is 4.98 Å². The van der Waals surface area contributed by atoms with Gasteiger partial charge in [0.15, 0.2) is 0 Å². The van der Waals surface area contributed by atoms with Crippen LogP contribution < -0.4 is 14.2 Å². The van der Waals surface area contributed by atoms with E-state index in [-0.39, 0.29) is 24.5 Å². The predicted molar refractivity (Wildman–Crippen MR) is 143 cm³/mol. The van der Waals surface area contributed by atoms with Gasteiger partial charge in [0.25, 0.3) is 0 Å². The first-order valence-electron chi connectivity index (χ1n) is 13.6. The molecule has 5 rings (SSSR count). The van der Waals surface area contributed by atoms with Crippen LogP contribution in [-0.2, 0) is 11.0 Å². The summed E-state index contributed by atoms with van der Waals surface area (Å²) in [6, 6.07) is 14.1. The fraction of sp³-hybridized carbons (Fsp3) is 0.419. The number of pyridine rings is 1. The minimum atomic E-state index is -4.40. The first kappa shape index (κ1) is 27.8. The van der Waals surface area contributed by atoms with Crippen LogP contribution in [0.4, 0.5) is 13.2 Å². The molecule has 40 heavy (non-hydrogen) atoms. The van der Waals surface area contributed by atoms with Crippen molar-refractivity contribution in [1.29, 1.82) is 0 Å². The molecule has 0 aliphatic heterocycles. The number of carbonyl (C=O) groups is 1. The Hall–Kier alpha value is -3.75. The number of carboxylic acids is 1. The molecule has 2 aliphatic carbocycles. The third-order valence-corrected chi connectivity index (χ3v) is 7.69.